The summed E-state index contributed by atoms with van der Waals surface area (Å²) in [6.07, 6.45) is 3.65. The van der Waals surface area contributed by atoms with Crippen molar-refractivity contribution in [2.75, 3.05) is 16.6 Å². The Morgan fingerprint density at radius 3 is 2.46 bits per heavy atom. The molecule has 0 radical (unpaired) electrons. The first-order valence-corrected chi connectivity index (χ1v) is 11.6. The maximum atomic E-state index is 14.4. The van der Waals surface area contributed by atoms with Crippen LogP contribution in [0.4, 0.5) is 25.8 Å². The molecule has 5 nitrogen and oxygen atoms in total. The summed E-state index contributed by atoms with van der Waals surface area (Å²) in [5.41, 5.74) is -0.159. The van der Waals surface area contributed by atoms with Gasteiger partial charge in [-0.05, 0) is 59.3 Å². The number of rotatable bonds is 10. The van der Waals surface area contributed by atoms with Crippen LogP contribution in [0.3, 0.4) is 0 Å². The molecule has 2 rings (SSSR count). The maximum absolute atomic E-state index is 14.4. The van der Waals surface area contributed by atoms with Crippen molar-refractivity contribution in [1.82, 2.24) is 4.72 Å². The van der Waals surface area contributed by atoms with Gasteiger partial charge in [0.1, 0.15) is 5.69 Å². The Bertz CT molecular complexity index is 929. The highest BCUT2D eigenvalue weighted by Crippen LogP contribution is 2.34. The minimum Gasteiger partial charge on any atom is -0.350 e. The number of hydrogen-bond acceptors (Lipinski definition) is 3. The summed E-state index contributed by atoms with van der Waals surface area (Å²) in [6.45, 7) is 2.31. The van der Waals surface area contributed by atoms with Crippen LogP contribution in [-0.4, -0.2) is 15.0 Å². The molecule has 0 fully saturated rings. The third-order valence-corrected chi connectivity index (χ3v) is 5.91. The van der Waals surface area contributed by atoms with Gasteiger partial charge in [0.05, 0.1) is 16.4 Å². The van der Waals surface area contributed by atoms with Gasteiger partial charge in [-0.2, -0.15) is 13.1 Å². The molecule has 28 heavy (non-hydrogen) atoms. The lowest BCUT2D eigenvalue weighted by Crippen LogP contribution is -2.31. The topological polar surface area (TPSA) is 70.2 Å². The van der Waals surface area contributed by atoms with Crippen LogP contribution in [0.2, 0.25) is 5.02 Å². The lowest BCUT2D eigenvalue weighted by atomic mass is 10.2. The number of nitrogens with one attached hydrogen (secondary N) is 3. The normalized spacial score (nSPS) is 11.5. The smallest absolute Gasteiger partial charge is 0.299 e. The molecule has 0 saturated heterocycles. The number of unbranched alkanes of at least 4 members (excludes halogenated alkanes) is 3. The van der Waals surface area contributed by atoms with E-state index in [1.54, 1.807) is 18.2 Å². The Morgan fingerprint density at radius 2 is 1.79 bits per heavy atom. The van der Waals surface area contributed by atoms with Crippen LogP contribution < -0.4 is 14.8 Å². The molecule has 0 aliphatic rings. The van der Waals surface area contributed by atoms with Crippen molar-refractivity contribution in [3.8, 4) is 0 Å². The summed E-state index contributed by atoms with van der Waals surface area (Å²) in [4.78, 5) is 0. The van der Waals surface area contributed by atoms with E-state index in [4.69, 9.17) is 11.6 Å². The monoisotopic (exact) mass is 543 g/mol. The van der Waals surface area contributed by atoms with Crippen molar-refractivity contribution in [3.63, 3.8) is 0 Å². The van der Waals surface area contributed by atoms with Crippen molar-refractivity contribution in [2.24, 2.45) is 0 Å². The molecule has 2 aromatic carbocycles. The summed E-state index contributed by atoms with van der Waals surface area (Å²) >= 11 is 8.20. The van der Waals surface area contributed by atoms with Crippen LogP contribution in [0.15, 0.2) is 30.3 Å². The van der Waals surface area contributed by atoms with Gasteiger partial charge in [-0.3, -0.25) is 4.72 Å². The van der Waals surface area contributed by atoms with Gasteiger partial charge < -0.3 is 5.32 Å². The molecule has 0 aromatic heterocycles. The quantitative estimate of drug-likeness (QED) is 0.262. The lowest BCUT2D eigenvalue weighted by Gasteiger charge is -2.16. The SMILES string of the molecule is CCCCCCNS(=O)(=O)Nc1ccc(F)c(F)c1Nc1ccc(I)cc1Cl. The molecule has 0 atom stereocenters. The van der Waals surface area contributed by atoms with Crippen molar-refractivity contribution < 1.29 is 17.2 Å². The first-order chi connectivity index (χ1) is 13.2. The van der Waals surface area contributed by atoms with Crippen LogP contribution >= 0.6 is 34.2 Å². The highest BCUT2D eigenvalue weighted by molar-refractivity contribution is 14.1. The molecule has 0 saturated carbocycles. The van der Waals surface area contributed by atoms with Crippen molar-refractivity contribution in [2.45, 2.75) is 32.6 Å². The minimum absolute atomic E-state index is 0.130. The number of benzene rings is 2. The van der Waals surface area contributed by atoms with Crippen molar-refractivity contribution >= 4 is 61.5 Å². The fourth-order valence-corrected chi connectivity index (χ4v) is 4.27. The standard InChI is InChI=1S/C18H21ClF2IN3O2S/c1-2-3-4-5-10-23-28(26,27)25-16-9-7-14(20)17(21)18(16)24-15-8-6-12(22)11-13(15)19/h6-9,11,23-25H,2-5,10H2,1H3. The Morgan fingerprint density at radius 1 is 1.07 bits per heavy atom. The molecule has 0 spiro atoms. The average molecular weight is 544 g/mol. The second-order valence-corrected chi connectivity index (χ2v) is 9.25. The zero-order valence-electron chi connectivity index (χ0n) is 15.2. The Labute approximate surface area is 182 Å². The molecule has 2 aromatic rings. The number of hydrogen-bond donors (Lipinski definition) is 3. The zero-order chi connectivity index (χ0) is 20.7. The second-order valence-electron chi connectivity index (χ2n) is 6.09. The van der Waals surface area contributed by atoms with E-state index in [2.05, 4.69) is 44.3 Å². The molecular formula is C18H21ClF2IN3O2S. The molecule has 10 heteroatoms. The van der Waals surface area contributed by atoms with Gasteiger partial charge in [-0.15, -0.1) is 0 Å². The Kier molecular flexibility index (Phi) is 8.72. The lowest BCUT2D eigenvalue weighted by molar-refractivity contribution is 0.512. The van der Waals surface area contributed by atoms with Gasteiger partial charge in [-0.25, -0.2) is 8.78 Å². The predicted molar refractivity (Wildman–Crippen MR) is 118 cm³/mol. The minimum atomic E-state index is -3.95. The van der Waals surface area contributed by atoms with Crippen molar-refractivity contribution in [1.29, 1.82) is 0 Å². The highest BCUT2D eigenvalue weighted by atomic mass is 127. The van der Waals surface area contributed by atoms with E-state index >= 15 is 0 Å². The van der Waals surface area contributed by atoms with Gasteiger partial charge in [-0.1, -0.05) is 37.8 Å². The number of anilines is 3. The molecule has 0 unspecified atom stereocenters. The third-order valence-electron chi connectivity index (χ3n) is 3.85. The van der Waals surface area contributed by atoms with E-state index in [1.807, 2.05) is 0 Å². The summed E-state index contributed by atoms with van der Waals surface area (Å²) in [5.74, 6) is -2.32. The van der Waals surface area contributed by atoms with E-state index < -0.39 is 21.8 Å². The fraction of sp³-hybridized carbons (Fsp3) is 0.333. The first-order valence-electron chi connectivity index (χ1n) is 8.71. The summed E-state index contributed by atoms with van der Waals surface area (Å²) in [6, 6.07) is 6.97. The molecule has 0 aliphatic heterocycles. The molecule has 154 valence electrons. The Balaban J connectivity index is 2.21. The van der Waals surface area contributed by atoms with Crippen LogP contribution in [0.1, 0.15) is 32.6 Å². The fourth-order valence-electron chi connectivity index (χ4n) is 2.42. The largest absolute Gasteiger partial charge is 0.350 e. The van der Waals surface area contributed by atoms with Gasteiger partial charge in [0.25, 0.3) is 10.2 Å². The van der Waals surface area contributed by atoms with E-state index in [0.717, 1.165) is 35.0 Å². The van der Waals surface area contributed by atoms with Gasteiger partial charge in [0, 0.05) is 10.1 Å². The molecule has 0 amide bonds. The van der Waals surface area contributed by atoms with E-state index in [1.165, 1.54) is 0 Å². The van der Waals surface area contributed by atoms with Crippen LogP contribution in [0.25, 0.3) is 0 Å². The predicted octanol–water partition coefficient (Wildman–Crippen LogP) is 5.79. The van der Waals surface area contributed by atoms with Gasteiger partial charge in [0.15, 0.2) is 11.6 Å². The first kappa shape index (κ1) is 23.1. The summed E-state index contributed by atoms with van der Waals surface area (Å²) < 4.78 is 58.1. The van der Waals surface area contributed by atoms with Crippen LogP contribution in [0.5, 0.6) is 0 Å². The van der Waals surface area contributed by atoms with E-state index in [9.17, 15) is 17.2 Å². The summed E-state index contributed by atoms with van der Waals surface area (Å²) in [7, 11) is -3.95. The molecule has 3 N–H and O–H groups in total. The molecule has 0 heterocycles. The third kappa shape index (κ3) is 6.71. The highest BCUT2D eigenvalue weighted by Gasteiger charge is 2.19. The second kappa shape index (κ2) is 10.6. The van der Waals surface area contributed by atoms with E-state index in [-0.39, 0.29) is 17.9 Å². The average Bonchev–Trinajstić information content (AvgIpc) is 2.62. The zero-order valence-corrected chi connectivity index (χ0v) is 18.9. The summed E-state index contributed by atoms with van der Waals surface area (Å²) in [5, 5.41) is 2.97. The Hall–Kier alpha value is -1.17. The molecular weight excluding hydrogens is 523 g/mol. The molecule has 0 bridgehead atoms. The van der Waals surface area contributed by atoms with E-state index in [0.29, 0.717) is 17.1 Å². The molecule has 0 aliphatic carbocycles. The van der Waals surface area contributed by atoms with Gasteiger partial charge >= 0.3 is 0 Å². The number of halogens is 4. The van der Waals surface area contributed by atoms with Crippen LogP contribution in [0, 0.1) is 15.2 Å². The van der Waals surface area contributed by atoms with Gasteiger partial charge in [0.2, 0.25) is 0 Å². The maximum Gasteiger partial charge on any atom is 0.299 e. The van der Waals surface area contributed by atoms with Crippen molar-refractivity contribution in [3.05, 3.63) is 50.6 Å². The van der Waals surface area contributed by atoms with Crippen LogP contribution in [-0.2, 0) is 10.2 Å².